The van der Waals surface area contributed by atoms with Crippen molar-refractivity contribution in [3.63, 3.8) is 0 Å². The number of piperidine rings is 1. The van der Waals surface area contributed by atoms with Gasteiger partial charge in [0.05, 0.1) is 6.61 Å². The summed E-state index contributed by atoms with van der Waals surface area (Å²) in [5, 5.41) is 0. The number of para-hydroxylation sites is 1. The van der Waals surface area contributed by atoms with Gasteiger partial charge in [-0.25, -0.2) is 4.79 Å². The van der Waals surface area contributed by atoms with Crippen molar-refractivity contribution in [3.8, 4) is 5.75 Å². The lowest BCUT2D eigenvalue weighted by molar-refractivity contribution is 0.159. The minimum Gasteiger partial charge on any atom is -0.493 e. The van der Waals surface area contributed by atoms with E-state index in [1.807, 2.05) is 0 Å². The van der Waals surface area contributed by atoms with Crippen molar-refractivity contribution in [2.24, 2.45) is 0 Å². The van der Waals surface area contributed by atoms with Crippen LogP contribution in [0.1, 0.15) is 76.2 Å². The van der Waals surface area contributed by atoms with E-state index >= 15 is 0 Å². The second kappa shape index (κ2) is 11.2. The highest BCUT2D eigenvalue weighted by Crippen LogP contribution is 2.34. The zero-order chi connectivity index (χ0) is 21.5. The molecule has 0 bridgehead atoms. The lowest BCUT2D eigenvalue weighted by Crippen LogP contribution is -2.41. The monoisotopic (exact) mass is 427 g/mol. The van der Waals surface area contributed by atoms with Crippen LogP contribution >= 0.6 is 0 Å². The van der Waals surface area contributed by atoms with Crippen LogP contribution in [0.2, 0.25) is 0 Å². The fourth-order valence-corrected chi connectivity index (χ4v) is 5.65. The largest absolute Gasteiger partial charge is 0.493 e. The summed E-state index contributed by atoms with van der Waals surface area (Å²) in [5.41, 5.74) is 1.39. The van der Waals surface area contributed by atoms with Gasteiger partial charge in [-0.1, -0.05) is 44.4 Å². The Balaban J connectivity index is 1.18. The molecule has 4 rings (SSSR count). The van der Waals surface area contributed by atoms with Crippen molar-refractivity contribution in [1.29, 1.82) is 0 Å². The minimum atomic E-state index is 0.300. The van der Waals surface area contributed by atoms with E-state index in [-0.39, 0.29) is 0 Å². The zero-order valence-corrected chi connectivity index (χ0v) is 19.4. The fourth-order valence-electron chi connectivity index (χ4n) is 5.65. The Kier molecular flexibility index (Phi) is 8.12. The molecule has 2 saturated heterocycles. The van der Waals surface area contributed by atoms with E-state index in [9.17, 15) is 4.79 Å². The van der Waals surface area contributed by atoms with Gasteiger partial charge in [0, 0.05) is 25.7 Å². The van der Waals surface area contributed by atoms with Crippen LogP contribution in [-0.2, 0) is 0 Å². The van der Waals surface area contributed by atoms with Crippen molar-refractivity contribution >= 4 is 6.03 Å². The average Bonchev–Trinajstić information content (AvgIpc) is 3.19. The lowest BCUT2D eigenvalue weighted by atomic mass is 9.88. The molecule has 3 fully saturated rings. The Morgan fingerprint density at radius 3 is 2.48 bits per heavy atom. The molecular formula is C26H41N3O2. The summed E-state index contributed by atoms with van der Waals surface area (Å²) in [7, 11) is 0. The molecule has 3 aliphatic rings. The molecule has 1 aromatic rings. The molecule has 0 radical (unpaired) electrons. The number of urea groups is 1. The molecule has 0 spiro atoms. The van der Waals surface area contributed by atoms with Crippen LogP contribution in [0.25, 0.3) is 0 Å². The van der Waals surface area contributed by atoms with Gasteiger partial charge in [0.15, 0.2) is 0 Å². The average molecular weight is 428 g/mol. The number of likely N-dealkylation sites (tertiary alicyclic amines) is 1. The van der Waals surface area contributed by atoms with E-state index in [0.29, 0.717) is 18.0 Å². The maximum atomic E-state index is 12.8. The topological polar surface area (TPSA) is 36.0 Å². The molecule has 31 heavy (non-hydrogen) atoms. The second-order valence-electron chi connectivity index (χ2n) is 9.61. The van der Waals surface area contributed by atoms with Crippen molar-refractivity contribution in [1.82, 2.24) is 14.7 Å². The Hall–Kier alpha value is -1.75. The summed E-state index contributed by atoms with van der Waals surface area (Å²) < 4.78 is 6.00. The Bertz CT molecular complexity index is 696. The lowest BCUT2D eigenvalue weighted by Gasteiger charge is -2.33. The molecule has 1 saturated carbocycles. The van der Waals surface area contributed by atoms with Gasteiger partial charge >= 0.3 is 6.03 Å². The molecule has 1 aliphatic carbocycles. The standard InChI is InChI=1S/C26H41N3O2/c1-2-21-31-25-12-7-6-11-24(25)22-13-17-27(18-14-22)15-8-16-28-19-20-29(26(28)30)23-9-4-3-5-10-23/h6-7,11-12,22-23H,2-5,8-10,13-21H2,1H3. The van der Waals surface area contributed by atoms with Crippen LogP contribution in [0.15, 0.2) is 24.3 Å². The maximum Gasteiger partial charge on any atom is 0.320 e. The van der Waals surface area contributed by atoms with Crippen LogP contribution in [0.4, 0.5) is 4.79 Å². The molecule has 2 aliphatic heterocycles. The highest BCUT2D eigenvalue weighted by Gasteiger charge is 2.33. The number of carbonyl (C=O) groups excluding carboxylic acids is 1. The third-order valence-electron chi connectivity index (χ3n) is 7.45. The van der Waals surface area contributed by atoms with Gasteiger partial charge in [-0.2, -0.15) is 0 Å². The normalized spacial score (nSPS) is 21.8. The van der Waals surface area contributed by atoms with E-state index in [2.05, 4.69) is 45.9 Å². The highest BCUT2D eigenvalue weighted by atomic mass is 16.5. The molecule has 0 aromatic heterocycles. The Labute approximate surface area is 188 Å². The molecule has 172 valence electrons. The number of rotatable bonds is 9. The second-order valence-corrected chi connectivity index (χ2v) is 9.61. The number of hydrogen-bond donors (Lipinski definition) is 0. The predicted molar refractivity (Wildman–Crippen MR) is 126 cm³/mol. The molecular weight excluding hydrogens is 386 g/mol. The third-order valence-corrected chi connectivity index (χ3v) is 7.45. The number of carbonyl (C=O) groups is 1. The summed E-state index contributed by atoms with van der Waals surface area (Å²) in [6, 6.07) is 9.41. The third kappa shape index (κ3) is 5.74. The summed E-state index contributed by atoms with van der Waals surface area (Å²) in [5.74, 6) is 1.69. The van der Waals surface area contributed by atoms with Crippen molar-refractivity contribution in [3.05, 3.63) is 29.8 Å². The fraction of sp³-hybridized carbons (Fsp3) is 0.731. The Morgan fingerprint density at radius 1 is 0.935 bits per heavy atom. The molecule has 1 aromatic carbocycles. The minimum absolute atomic E-state index is 0.300. The molecule has 5 heteroatoms. The molecule has 0 unspecified atom stereocenters. The van der Waals surface area contributed by atoms with Crippen molar-refractivity contribution in [2.45, 2.75) is 76.7 Å². The molecule has 0 N–H and O–H groups in total. The van der Waals surface area contributed by atoms with Crippen LogP contribution in [0.3, 0.4) is 0 Å². The maximum absolute atomic E-state index is 12.8. The molecule has 5 nitrogen and oxygen atoms in total. The summed E-state index contributed by atoms with van der Waals surface area (Å²) >= 11 is 0. The van der Waals surface area contributed by atoms with Gasteiger partial charge in [0.2, 0.25) is 0 Å². The first kappa shape index (κ1) is 22.4. The van der Waals surface area contributed by atoms with Crippen molar-refractivity contribution < 1.29 is 9.53 Å². The Morgan fingerprint density at radius 2 is 1.71 bits per heavy atom. The van der Waals surface area contributed by atoms with Crippen LogP contribution in [0.5, 0.6) is 5.75 Å². The number of nitrogens with zero attached hydrogens (tertiary/aromatic N) is 3. The zero-order valence-electron chi connectivity index (χ0n) is 19.4. The first-order chi connectivity index (χ1) is 15.3. The first-order valence-corrected chi connectivity index (χ1v) is 12.8. The quantitative estimate of drug-likeness (QED) is 0.549. The van der Waals surface area contributed by atoms with Gasteiger partial charge in [0.1, 0.15) is 5.75 Å². The molecule has 2 amide bonds. The van der Waals surface area contributed by atoms with Gasteiger partial charge in [-0.05, 0) is 75.7 Å². The number of ether oxygens (including phenoxy) is 1. The van der Waals surface area contributed by atoms with E-state index in [0.717, 1.165) is 64.5 Å². The number of amides is 2. The van der Waals surface area contributed by atoms with Gasteiger partial charge in [-0.3, -0.25) is 0 Å². The van der Waals surface area contributed by atoms with E-state index in [4.69, 9.17) is 4.74 Å². The van der Waals surface area contributed by atoms with Gasteiger partial charge in [0.25, 0.3) is 0 Å². The first-order valence-electron chi connectivity index (χ1n) is 12.8. The summed E-state index contributed by atoms with van der Waals surface area (Å²) in [6.07, 6.45) is 10.9. The van der Waals surface area contributed by atoms with E-state index in [1.54, 1.807) is 0 Å². The smallest absolute Gasteiger partial charge is 0.320 e. The molecule has 0 atom stereocenters. The van der Waals surface area contributed by atoms with Crippen LogP contribution in [-0.4, -0.2) is 72.6 Å². The highest BCUT2D eigenvalue weighted by molar-refractivity contribution is 5.76. The summed E-state index contributed by atoms with van der Waals surface area (Å²) in [4.78, 5) is 19.7. The van der Waals surface area contributed by atoms with Gasteiger partial charge < -0.3 is 19.4 Å². The van der Waals surface area contributed by atoms with E-state index < -0.39 is 0 Å². The van der Waals surface area contributed by atoms with Crippen molar-refractivity contribution in [2.75, 3.05) is 45.9 Å². The van der Waals surface area contributed by atoms with Gasteiger partial charge in [-0.15, -0.1) is 0 Å². The summed E-state index contributed by atoms with van der Waals surface area (Å²) in [6.45, 7) is 9.13. The number of benzene rings is 1. The van der Waals surface area contributed by atoms with E-state index in [1.165, 1.54) is 50.5 Å². The SMILES string of the molecule is CCCOc1ccccc1C1CCN(CCCN2CCN(C3CCCCC3)C2=O)CC1. The van der Waals surface area contributed by atoms with Crippen LogP contribution < -0.4 is 4.74 Å². The number of hydrogen-bond acceptors (Lipinski definition) is 3. The van der Waals surface area contributed by atoms with Crippen LogP contribution in [0, 0.1) is 0 Å². The predicted octanol–water partition coefficient (Wildman–Crippen LogP) is 5.12. The molecule has 2 heterocycles.